The molecular weight excluding hydrogens is 290 g/mol. The number of nitrogens with one attached hydrogen (secondary N) is 1. The van der Waals surface area contributed by atoms with Gasteiger partial charge in [0.05, 0.1) is 12.7 Å². The molecule has 6 nitrogen and oxygen atoms in total. The highest BCUT2D eigenvalue weighted by molar-refractivity contribution is 5.48. The minimum atomic E-state index is 0.262. The maximum Gasteiger partial charge on any atom is 0.134 e. The van der Waals surface area contributed by atoms with Gasteiger partial charge in [0.15, 0.2) is 0 Å². The van der Waals surface area contributed by atoms with Crippen molar-refractivity contribution >= 4 is 11.6 Å². The lowest BCUT2D eigenvalue weighted by molar-refractivity contribution is -0.0241. The van der Waals surface area contributed by atoms with Crippen LogP contribution >= 0.6 is 0 Å². The van der Waals surface area contributed by atoms with Crippen LogP contribution in [0, 0.1) is 0 Å². The van der Waals surface area contributed by atoms with Crippen LogP contribution in [0.25, 0.3) is 0 Å². The number of hydrogen-bond acceptors (Lipinski definition) is 6. The van der Waals surface area contributed by atoms with Gasteiger partial charge in [-0.15, -0.1) is 0 Å². The topological polar surface area (TPSA) is 53.5 Å². The molecule has 3 aliphatic rings. The summed E-state index contributed by atoms with van der Waals surface area (Å²) in [6.07, 6.45) is 8.53. The van der Waals surface area contributed by atoms with Crippen LogP contribution in [0.1, 0.15) is 32.1 Å². The number of piperidine rings is 1. The van der Waals surface area contributed by atoms with Crippen molar-refractivity contribution in [2.45, 2.75) is 44.2 Å². The summed E-state index contributed by atoms with van der Waals surface area (Å²) in [5, 5.41) is 3.44. The molecule has 0 radical (unpaired) electrons. The van der Waals surface area contributed by atoms with Crippen molar-refractivity contribution < 1.29 is 4.74 Å². The highest BCUT2D eigenvalue weighted by atomic mass is 16.5. The summed E-state index contributed by atoms with van der Waals surface area (Å²) in [6.45, 7) is 6.03. The number of nitrogens with zero attached hydrogens (tertiary/aromatic N) is 4. The second kappa shape index (κ2) is 7.01. The number of hydrogen-bond donors (Lipinski definition) is 1. The van der Waals surface area contributed by atoms with Crippen LogP contribution in [0.2, 0.25) is 0 Å². The van der Waals surface area contributed by atoms with Crippen LogP contribution in [-0.2, 0) is 4.74 Å². The van der Waals surface area contributed by atoms with Crippen LogP contribution in [-0.4, -0.2) is 66.3 Å². The van der Waals surface area contributed by atoms with E-state index in [1.807, 2.05) is 0 Å². The smallest absolute Gasteiger partial charge is 0.134 e. The largest absolute Gasteiger partial charge is 0.374 e. The lowest BCUT2D eigenvalue weighted by Gasteiger charge is -2.33. The Kier molecular flexibility index (Phi) is 4.62. The first-order valence-corrected chi connectivity index (χ1v) is 9.05. The third kappa shape index (κ3) is 3.93. The normalized spacial score (nSPS) is 26.3. The molecule has 0 aromatic carbocycles. The van der Waals surface area contributed by atoms with E-state index in [1.54, 1.807) is 6.33 Å². The van der Waals surface area contributed by atoms with Gasteiger partial charge in [-0.3, -0.25) is 4.90 Å². The molecule has 1 saturated carbocycles. The minimum absolute atomic E-state index is 0.262. The summed E-state index contributed by atoms with van der Waals surface area (Å²) in [4.78, 5) is 13.7. The number of morpholine rings is 1. The van der Waals surface area contributed by atoms with Gasteiger partial charge in [-0.2, -0.15) is 0 Å². The van der Waals surface area contributed by atoms with Gasteiger partial charge in [-0.1, -0.05) is 0 Å². The Labute approximate surface area is 138 Å². The third-order valence-electron chi connectivity index (χ3n) is 5.08. The number of ether oxygens (including phenoxy) is 1. The monoisotopic (exact) mass is 317 g/mol. The van der Waals surface area contributed by atoms with Gasteiger partial charge < -0.3 is 15.0 Å². The van der Waals surface area contributed by atoms with Gasteiger partial charge in [0.1, 0.15) is 18.0 Å². The Morgan fingerprint density at radius 2 is 2.00 bits per heavy atom. The molecule has 4 rings (SSSR count). The molecule has 2 saturated heterocycles. The Morgan fingerprint density at radius 3 is 2.83 bits per heavy atom. The number of anilines is 2. The predicted molar refractivity (Wildman–Crippen MR) is 90.9 cm³/mol. The second-order valence-corrected chi connectivity index (χ2v) is 6.91. The lowest BCUT2D eigenvalue weighted by Crippen LogP contribution is -2.46. The summed E-state index contributed by atoms with van der Waals surface area (Å²) in [6, 6.07) is 2.90. The quantitative estimate of drug-likeness (QED) is 0.893. The molecule has 2 aliphatic heterocycles. The zero-order chi connectivity index (χ0) is 15.5. The van der Waals surface area contributed by atoms with E-state index in [2.05, 4.69) is 31.2 Å². The van der Waals surface area contributed by atoms with Crippen LogP contribution in [0.15, 0.2) is 12.4 Å². The average molecular weight is 317 g/mol. The van der Waals surface area contributed by atoms with E-state index in [0.717, 1.165) is 57.0 Å². The Bertz CT molecular complexity index is 515. The van der Waals surface area contributed by atoms with E-state index in [4.69, 9.17) is 4.74 Å². The molecule has 1 aromatic rings. The molecule has 0 amide bonds. The van der Waals surface area contributed by atoms with Crippen LogP contribution in [0.3, 0.4) is 0 Å². The molecule has 1 unspecified atom stereocenters. The van der Waals surface area contributed by atoms with E-state index in [0.29, 0.717) is 0 Å². The van der Waals surface area contributed by atoms with Gasteiger partial charge in [0.25, 0.3) is 0 Å². The van der Waals surface area contributed by atoms with Crippen molar-refractivity contribution in [2.75, 3.05) is 49.5 Å². The van der Waals surface area contributed by atoms with Crippen molar-refractivity contribution in [3.63, 3.8) is 0 Å². The second-order valence-electron chi connectivity index (χ2n) is 6.91. The molecule has 1 aliphatic carbocycles. The standard InChI is InChI=1S/C17H27N5O/c1-2-6-21(7-3-1)17-10-16(19-13-20-17)18-11-15-12-22(8-9-23-15)14-4-5-14/h10,13-15H,1-9,11-12H2,(H,18,19,20). The SMILES string of the molecule is c1nc(NCC2CN(C3CC3)CCO2)cc(N2CCCCC2)n1. The van der Waals surface area contributed by atoms with Gasteiger partial charge in [0, 0.05) is 44.8 Å². The predicted octanol–water partition coefficient (Wildman–Crippen LogP) is 1.74. The molecule has 1 aromatic heterocycles. The van der Waals surface area contributed by atoms with Crippen LogP contribution < -0.4 is 10.2 Å². The molecule has 1 atom stereocenters. The van der Waals surface area contributed by atoms with Crippen molar-refractivity contribution in [2.24, 2.45) is 0 Å². The summed E-state index contributed by atoms with van der Waals surface area (Å²) in [7, 11) is 0. The van der Waals surface area contributed by atoms with Crippen LogP contribution in [0.5, 0.6) is 0 Å². The molecule has 126 valence electrons. The first kappa shape index (κ1) is 15.1. The van der Waals surface area contributed by atoms with Crippen molar-refractivity contribution in [1.82, 2.24) is 14.9 Å². The molecule has 0 spiro atoms. The van der Waals surface area contributed by atoms with Gasteiger partial charge >= 0.3 is 0 Å². The van der Waals surface area contributed by atoms with Crippen molar-refractivity contribution in [1.29, 1.82) is 0 Å². The van der Waals surface area contributed by atoms with E-state index in [1.165, 1.54) is 32.1 Å². The minimum Gasteiger partial charge on any atom is -0.374 e. The summed E-state index contributed by atoms with van der Waals surface area (Å²) in [5.41, 5.74) is 0. The van der Waals surface area contributed by atoms with Gasteiger partial charge in [-0.25, -0.2) is 9.97 Å². The molecule has 23 heavy (non-hydrogen) atoms. The number of rotatable bonds is 5. The molecule has 1 N–H and O–H groups in total. The van der Waals surface area contributed by atoms with E-state index in [9.17, 15) is 0 Å². The number of aromatic nitrogens is 2. The van der Waals surface area contributed by atoms with E-state index in [-0.39, 0.29) is 6.10 Å². The van der Waals surface area contributed by atoms with Gasteiger partial charge in [0.2, 0.25) is 0 Å². The maximum absolute atomic E-state index is 5.90. The van der Waals surface area contributed by atoms with E-state index < -0.39 is 0 Å². The fraction of sp³-hybridized carbons (Fsp3) is 0.765. The Balaban J connectivity index is 1.31. The van der Waals surface area contributed by atoms with E-state index >= 15 is 0 Å². The van der Waals surface area contributed by atoms with Crippen LogP contribution in [0.4, 0.5) is 11.6 Å². The highest BCUT2D eigenvalue weighted by Gasteiger charge is 2.32. The molecule has 3 heterocycles. The van der Waals surface area contributed by atoms with Crippen molar-refractivity contribution in [3.05, 3.63) is 12.4 Å². The van der Waals surface area contributed by atoms with Crippen molar-refractivity contribution in [3.8, 4) is 0 Å². The Hall–Kier alpha value is -1.40. The molecule has 0 bridgehead atoms. The lowest BCUT2D eigenvalue weighted by atomic mass is 10.1. The fourth-order valence-electron chi connectivity index (χ4n) is 3.60. The zero-order valence-electron chi connectivity index (χ0n) is 13.8. The first-order chi connectivity index (χ1) is 11.4. The molecular formula is C17H27N5O. The Morgan fingerprint density at radius 1 is 1.13 bits per heavy atom. The summed E-state index contributed by atoms with van der Waals surface area (Å²) < 4.78 is 5.90. The third-order valence-corrected chi connectivity index (χ3v) is 5.08. The average Bonchev–Trinajstić information content (AvgIpc) is 3.47. The zero-order valence-corrected chi connectivity index (χ0v) is 13.8. The molecule has 3 fully saturated rings. The summed E-state index contributed by atoms with van der Waals surface area (Å²) >= 11 is 0. The fourth-order valence-corrected chi connectivity index (χ4v) is 3.60. The molecule has 6 heteroatoms. The van der Waals surface area contributed by atoms with Gasteiger partial charge in [-0.05, 0) is 32.1 Å². The summed E-state index contributed by atoms with van der Waals surface area (Å²) in [5.74, 6) is 1.96. The maximum atomic E-state index is 5.90. The first-order valence-electron chi connectivity index (χ1n) is 9.05. The highest BCUT2D eigenvalue weighted by Crippen LogP contribution is 2.28.